The van der Waals surface area contributed by atoms with Crippen LogP contribution in [-0.2, 0) is 16.0 Å². The number of hydrogen-bond donors (Lipinski definition) is 2. The third-order valence-electron chi connectivity index (χ3n) is 4.90. The molecule has 0 aliphatic carbocycles. The average molecular weight is 345 g/mol. The Balaban J connectivity index is 1.69. The summed E-state index contributed by atoms with van der Waals surface area (Å²) >= 11 is 0. The maximum atomic E-state index is 12.5. The molecule has 0 radical (unpaired) electrons. The van der Waals surface area contributed by atoms with Crippen molar-refractivity contribution in [2.45, 2.75) is 26.7 Å². The Morgan fingerprint density at radius 1 is 1.24 bits per heavy atom. The van der Waals surface area contributed by atoms with Crippen molar-refractivity contribution in [3.8, 4) is 0 Å². The zero-order valence-corrected chi connectivity index (χ0v) is 14.5. The van der Waals surface area contributed by atoms with Crippen LogP contribution in [0, 0.1) is 11.8 Å². The normalized spacial score (nSPS) is 22.5. The lowest BCUT2D eigenvalue weighted by atomic mass is 9.91. The van der Waals surface area contributed by atoms with Crippen LogP contribution in [0.15, 0.2) is 18.2 Å². The minimum atomic E-state index is -0.855. The molecule has 1 fully saturated rings. The van der Waals surface area contributed by atoms with E-state index in [-0.39, 0.29) is 24.4 Å². The molecule has 1 aromatic rings. The van der Waals surface area contributed by atoms with Crippen molar-refractivity contribution in [2.24, 2.45) is 11.8 Å². The number of piperidine rings is 1. The monoisotopic (exact) mass is 345 g/mol. The minimum absolute atomic E-state index is 0.0116. The number of carboxylic acids is 1. The van der Waals surface area contributed by atoms with E-state index < -0.39 is 11.9 Å². The standard InChI is InChI=1S/C18H23N3O4/c1-11-7-14(17(23)24)10-20(9-11)18(25)19-15-3-4-16-13(8-15)5-6-21(16)12(2)22/h3-4,8,11,14H,5-7,9-10H2,1-2H3,(H,19,25)(H,23,24). The van der Waals surface area contributed by atoms with E-state index in [4.69, 9.17) is 0 Å². The maximum Gasteiger partial charge on any atom is 0.321 e. The zero-order chi connectivity index (χ0) is 18.1. The maximum absolute atomic E-state index is 12.5. The fraction of sp³-hybridized carbons (Fsp3) is 0.500. The first-order chi connectivity index (χ1) is 11.8. The van der Waals surface area contributed by atoms with Crippen molar-refractivity contribution in [1.82, 2.24) is 4.90 Å². The first-order valence-corrected chi connectivity index (χ1v) is 8.55. The van der Waals surface area contributed by atoms with Gasteiger partial charge in [0.25, 0.3) is 0 Å². The summed E-state index contributed by atoms with van der Waals surface area (Å²) in [5.74, 6) is -1.20. The zero-order valence-electron chi connectivity index (χ0n) is 14.5. The van der Waals surface area contributed by atoms with E-state index in [1.54, 1.807) is 22.8 Å². The van der Waals surface area contributed by atoms with Crippen LogP contribution in [0.4, 0.5) is 16.2 Å². The van der Waals surface area contributed by atoms with E-state index in [9.17, 15) is 19.5 Å². The van der Waals surface area contributed by atoms with Crippen LogP contribution in [0.3, 0.4) is 0 Å². The summed E-state index contributed by atoms with van der Waals surface area (Å²) in [6.07, 6.45) is 1.36. The van der Waals surface area contributed by atoms with Gasteiger partial charge in [-0.3, -0.25) is 9.59 Å². The van der Waals surface area contributed by atoms with Crippen LogP contribution in [-0.4, -0.2) is 47.5 Å². The number of carbonyl (C=O) groups excluding carboxylic acids is 2. The van der Waals surface area contributed by atoms with Gasteiger partial charge in [0.15, 0.2) is 0 Å². The van der Waals surface area contributed by atoms with Crippen LogP contribution >= 0.6 is 0 Å². The summed E-state index contributed by atoms with van der Waals surface area (Å²) in [7, 11) is 0. The summed E-state index contributed by atoms with van der Waals surface area (Å²) in [6.45, 7) is 4.95. The molecule has 3 amide bonds. The molecule has 7 heteroatoms. The van der Waals surface area contributed by atoms with E-state index in [0.29, 0.717) is 25.2 Å². The number of nitrogens with zero attached hydrogens (tertiary/aromatic N) is 2. The predicted octanol–water partition coefficient (Wildman–Crippen LogP) is 2.17. The van der Waals surface area contributed by atoms with Crippen molar-refractivity contribution in [3.63, 3.8) is 0 Å². The lowest BCUT2D eigenvalue weighted by Crippen LogP contribution is -2.47. The third kappa shape index (κ3) is 3.60. The predicted molar refractivity (Wildman–Crippen MR) is 93.7 cm³/mol. The van der Waals surface area contributed by atoms with Gasteiger partial charge in [0.2, 0.25) is 5.91 Å². The number of carboxylic acid groups (broad SMARTS) is 1. The van der Waals surface area contributed by atoms with E-state index in [1.165, 1.54) is 0 Å². The van der Waals surface area contributed by atoms with Crippen LogP contribution in [0.1, 0.15) is 25.8 Å². The highest BCUT2D eigenvalue weighted by molar-refractivity contribution is 5.95. The number of hydrogen-bond acceptors (Lipinski definition) is 3. The topological polar surface area (TPSA) is 90.0 Å². The molecule has 1 aromatic carbocycles. The Hall–Kier alpha value is -2.57. The second-order valence-electron chi connectivity index (χ2n) is 6.98. The van der Waals surface area contributed by atoms with Gasteiger partial charge in [-0.25, -0.2) is 4.79 Å². The summed E-state index contributed by atoms with van der Waals surface area (Å²) in [4.78, 5) is 38.7. The lowest BCUT2D eigenvalue weighted by Gasteiger charge is -2.34. The molecule has 2 N–H and O–H groups in total. The molecule has 2 heterocycles. The lowest BCUT2D eigenvalue weighted by molar-refractivity contribution is -0.143. The second kappa shape index (κ2) is 6.74. The smallest absolute Gasteiger partial charge is 0.321 e. The molecule has 3 rings (SSSR count). The first kappa shape index (κ1) is 17.3. The highest BCUT2D eigenvalue weighted by Gasteiger charge is 2.32. The number of urea groups is 1. The van der Waals surface area contributed by atoms with E-state index in [1.807, 2.05) is 19.1 Å². The summed E-state index contributed by atoms with van der Waals surface area (Å²) < 4.78 is 0. The van der Waals surface area contributed by atoms with Gasteiger partial charge in [0, 0.05) is 37.9 Å². The van der Waals surface area contributed by atoms with Gasteiger partial charge in [-0.2, -0.15) is 0 Å². The number of amides is 3. The van der Waals surface area contributed by atoms with Crippen molar-refractivity contribution < 1.29 is 19.5 Å². The van der Waals surface area contributed by atoms with Crippen LogP contribution < -0.4 is 10.2 Å². The molecule has 0 saturated carbocycles. The molecule has 7 nitrogen and oxygen atoms in total. The van der Waals surface area contributed by atoms with Gasteiger partial charge in [-0.1, -0.05) is 6.92 Å². The number of aliphatic carboxylic acids is 1. The largest absolute Gasteiger partial charge is 0.481 e. The Morgan fingerprint density at radius 2 is 2.00 bits per heavy atom. The molecule has 2 aliphatic rings. The number of rotatable bonds is 2. The number of benzene rings is 1. The molecule has 25 heavy (non-hydrogen) atoms. The van der Waals surface area contributed by atoms with Gasteiger partial charge >= 0.3 is 12.0 Å². The Kier molecular flexibility index (Phi) is 4.65. The first-order valence-electron chi connectivity index (χ1n) is 8.55. The van der Waals surface area contributed by atoms with Crippen LogP contribution in [0.5, 0.6) is 0 Å². The Bertz CT molecular complexity index is 718. The minimum Gasteiger partial charge on any atom is -0.481 e. The van der Waals surface area contributed by atoms with Gasteiger partial charge in [0.1, 0.15) is 0 Å². The average Bonchev–Trinajstić information content (AvgIpc) is 2.97. The van der Waals surface area contributed by atoms with Crippen molar-refractivity contribution in [1.29, 1.82) is 0 Å². The van der Waals surface area contributed by atoms with Crippen LogP contribution in [0.25, 0.3) is 0 Å². The van der Waals surface area contributed by atoms with Gasteiger partial charge < -0.3 is 20.2 Å². The van der Waals surface area contributed by atoms with Crippen molar-refractivity contribution in [2.75, 3.05) is 29.9 Å². The Labute approximate surface area is 146 Å². The van der Waals surface area contributed by atoms with Crippen molar-refractivity contribution >= 4 is 29.3 Å². The van der Waals surface area contributed by atoms with Gasteiger partial charge in [-0.15, -0.1) is 0 Å². The molecular formula is C18H23N3O4. The fourth-order valence-corrected chi connectivity index (χ4v) is 3.71. The number of fused-ring (bicyclic) bond motifs is 1. The number of likely N-dealkylation sites (tertiary alicyclic amines) is 1. The number of nitrogens with one attached hydrogen (secondary N) is 1. The molecule has 134 valence electrons. The van der Waals surface area contributed by atoms with E-state index in [0.717, 1.165) is 17.7 Å². The molecule has 2 unspecified atom stereocenters. The molecule has 1 saturated heterocycles. The third-order valence-corrected chi connectivity index (χ3v) is 4.90. The van der Waals surface area contributed by atoms with E-state index >= 15 is 0 Å². The molecule has 2 aliphatic heterocycles. The number of anilines is 2. The SMILES string of the molecule is CC(=O)N1CCc2cc(NC(=O)N3CC(C)CC(C(=O)O)C3)ccc21. The summed E-state index contributed by atoms with van der Waals surface area (Å²) in [6, 6.07) is 5.23. The molecular weight excluding hydrogens is 322 g/mol. The fourth-order valence-electron chi connectivity index (χ4n) is 3.71. The molecule has 0 aromatic heterocycles. The second-order valence-corrected chi connectivity index (χ2v) is 6.98. The highest BCUT2D eigenvalue weighted by atomic mass is 16.4. The highest BCUT2D eigenvalue weighted by Crippen LogP contribution is 2.31. The summed E-state index contributed by atoms with van der Waals surface area (Å²) in [5.41, 5.74) is 2.59. The van der Waals surface area contributed by atoms with Crippen LogP contribution in [0.2, 0.25) is 0 Å². The molecule has 2 atom stereocenters. The van der Waals surface area contributed by atoms with Gasteiger partial charge in [0.05, 0.1) is 5.92 Å². The van der Waals surface area contributed by atoms with E-state index in [2.05, 4.69) is 5.32 Å². The molecule has 0 bridgehead atoms. The molecule has 0 spiro atoms. The van der Waals surface area contributed by atoms with Crippen molar-refractivity contribution in [3.05, 3.63) is 23.8 Å². The Morgan fingerprint density at radius 3 is 2.68 bits per heavy atom. The quantitative estimate of drug-likeness (QED) is 0.859. The summed E-state index contributed by atoms with van der Waals surface area (Å²) in [5, 5.41) is 12.1. The number of carbonyl (C=O) groups is 3. The van der Waals surface area contributed by atoms with Gasteiger partial charge in [-0.05, 0) is 42.5 Å².